The van der Waals surface area contributed by atoms with Gasteiger partial charge in [0.15, 0.2) is 0 Å². The molecule has 0 aliphatic heterocycles. The number of rotatable bonds is 4. The average molecular weight is 282 g/mol. The minimum Gasteiger partial charge on any atom is -0.331 e. The molecule has 1 atom stereocenters. The summed E-state index contributed by atoms with van der Waals surface area (Å²) in [6.45, 7) is 6.26. The molecule has 21 heavy (non-hydrogen) atoms. The van der Waals surface area contributed by atoms with Crippen molar-refractivity contribution in [2.45, 2.75) is 33.2 Å². The van der Waals surface area contributed by atoms with Gasteiger partial charge in [0.1, 0.15) is 0 Å². The molecule has 2 aromatic rings. The molecule has 110 valence electrons. The van der Waals surface area contributed by atoms with E-state index in [2.05, 4.69) is 49.6 Å². The van der Waals surface area contributed by atoms with Crippen molar-refractivity contribution in [1.29, 1.82) is 0 Å². The lowest BCUT2D eigenvalue weighted by Crippen LogP contribution is -2.32. The molecule has 0 saturated carbocycles. The van der Waals surface area contributed by atoms with Crippen LogP contribution in [0, 0.1) is 13.8 Å². The number of carbonyl (C=O) groups is 1. The fourth-order valence-electron chi connectivity index (χ4n) is 2.25. The highest BCUT2D eigenvalue weighted by Crippen LogP contribution is 2.20. The lowest BCUT2D eigenvalue weighted by Gasteiger charge is -2.19. The fraction of sp³-hybridized carbons (Fsp3) is 0.278. The number of nitrogens with one attached hydrogen (secondary N) is 2. The smallest absolute Gasteiger partial charge is 0.319 e. The van der Waals surface area contributed by atoms with Crippen LogP contribution in [0.15, 0.2) is 48.5 Å². The Kier molecular flexibility index (Phi) is 4.99. The standard InChI is InChI=1S/C18H22N2O/c1-4-17(15-11-10-13(2)14(3)12-15)20-18(21)19-16-8-6-5-7-9-16/h5-12,17H,4H2,1-3H3,(H2,19,20,21)/t17-/m0/s1. The summed E-state index contributed by atoms with van der Waals surface area (Å²) < 4.78 is 0. The summed E-state index contributed by atoms with van der Waals surface area (Å²) in [5, 5.41) is 5.88. The van der Waals surface area contributed by atoms with Gasteiger partial charge in [0.2, 0.25) is 0 Å². The number of urea groups is 1. The van der Waals surface area contributed by atoms with Crippen molar-refractivity contribution in [3.63, 3.8) is 0 Å². The largest absolute Gasteiger partial charge is 0.331 e. The maximum Gasteiger partial charge on any atom is 0.319 e. The first-order valence-corrected chi connectivity index (χ1v) is 7.30. The number of benzene rings is 2. The third kappa shape index (κ3) is 4.09. The molecular formula is C18H22N2O. The van der Waals surface area contributed by atoms with Gasteiger partial charge in [-0.25, -0.2) is 4.79 Å². The molecule has 0 unspecified atom stereocenters. The Labute approximate surface area is 126 Å². The molecule has 0 saturated heterocycles. The van der Waals surface area contributed by atoms with Gasteiger partial charge in [0, 0.05) is 5.69 Å². The third-order valence-corrected chi connectivity index (χ3v) is 3.68. The van der Waals surface area contributed by atoms with Crippen LogP contribution in [-0.2, 0) is 0 Å². The van der Waals surface area contributed by atoms with E-state index in [0.29, 0.717) is 0 Å². The minimum atomic E-state index is -0.175. The normalized spacial score (nSPS) is 11.8. The molecule has 0 heterocycles. The van der Waals surface area contributed by atoms with Crippen LogP contribution in [-0.4, -0.2) is 6.03 Å². The van der Waals surface area contributed by atoms with Crippen LogP contribution in [0.25, 0.3) is 0 Å². The SMILES string of the molecule is CC[C@H](NC(=O)Nc1ccccc1)c1ccc(C)c(C)c1. The van der Waals surface area contributed by atoms with Crippen molar-refractivity contribution < 1.29 is 4.79 Å². The Morgan fingerprint density at radius 2 is 1.76 bits per heavy atom. The van der Waals surface area contributed by atoms with Crippen LogP contribution in [0.3, 0.4) is 0 Å². The monoisotopic (exact) mass is 282 g/mol. The molecule has 0 fully saturated rings. The molecule has 2 amide bonds. The summed E-state index contributed by atoms with van der Waals surface area (Å²) in [4.78, 5) is 12.1. The number of para-hydroxylation sites is 1. The average Bonchev–Trinajstić information content (AvgIpc) is 2.49. The van der Waals surface area contributed by atoms with Gasteiger partial charge in [-0.05, 0) is 49.1 Å². The fourth-order valence-corrected chi connectivity index (χ4v) is 2.25. The summed E-state index contributed by atoms with van der Waals surface area (Å²) in [7, 11) is 0. The summed E-state index contributed by atoms with van der Waals surface area (Å²) >= 11 is 0. The first-order valence-electron chi connectivity index (χ1n) is 7.30. The number of hydrogen-bond donors (Lipinski definition) is 2. The van der Waals surface area contributed by atoms with E-state index in [4.69, 9.17) is 0 Å². The molecule has 0 spiro atoms. The maximum absolute atomic E-state index is 12.1. The first-order chi connectivity index (χ1) is 10.1. The van der Waals surface area contributed by atoms with E-state index >= 15 is 0 Å². The van der Waals surface area contributed by atoms with Gasteiger partial charge in [0.05, 0.1) is 6.04 Å². The van der Waals surface area contributed by atoms with E-state index in [1.54, 1.807) is 0 Å². The van der Waals surface area contributed by atoms with E-state index in [0.717, 1.165) is 17.7 Å². The van der Waals surface area contributed by atoms with Gasteiger partial charge in [-0.2, -0.15) is 0 Å². The zero-order chi connectivity index (χ0) is 15.2. The van der Waals surface area contributed by atoms with Crippen LogP contribution in [0.5, 0.6) is 0 Å². The van der Waals surface area contributed by atoms with E-state index < -0.39 is 0 Å². The van der Waals surface area contributed by atoms with Crippen molar-refractivity contribution in [1.82, 2.24) is 5.32 Å². The topological polar surface area (TPSA) is 41.1 Å². The van der Waals surface area contributed by atoms with E-state index in [1.807, 2.05) is 30.3 Å². The van der Waals surface area contributed by atoms with Crippen molar-refractivity contribution in [3.05, 3.63) is 65.2 Å². The van der Waals surface area contributed by atoms with Gasteiger partial charge in [-0.1, -0.05) is 43.3 Å². The van der Waals surface area contributed by atoms with Gasteiger partial charge < -0.3 is 10.6 Å². The van der Waals surface area contributed by atoms with Gasteiger partial charge in [-0.15, -0.1) is 0 Å². The number of aryl methyl sites for hydroxylation is 2. The third-order valence-electron chi connectivity index (χ3n) is 3.68. The predicted octanol–water partition coefficient (Wildman–Crippen LogP) is 4.58. The zero-order valence-corrected chi connectivity index (χ0v) is 12.8. The highest BCUT2D eigenvalue weighted by atomic mass is 16.2. The number of hydrogen-bond acceptors (Lipinski definition) is 1. The Bertz CT molecular complexity index is 608. The van der Waals surface area contributed by atoms with Crippen LogP contribution in [0.2, 0.25) is 0 Å². The minimum absolute atomic E-state index is 0.0213. The second-order valence-electron chi connectivity index (χ2n) is 5.27. The molecule has 3 heteroatoms. The zero-order valence-electron chi connectivity index (χ0n) is 12.8. The maximum atomic E-state index is 12.1. The molecule has 0 bridgehead atoms. The second kappa shape index (κ2) is 6.93. The molecule has 2 N–H and O–H groups in total. The molecule has 0 aromatic heterocycles. The number of anilines is 1. The summed E-state index contributed by atoms with van der Waals surface area (Å²) in [6.07, 6.45) is 0.852. The Hall–Kier alpha value is -2.29. The van der Waals surface area contributed by atoms with Crippen molar-refractivity contribution >= 4 is 11.7 Å². The molecular weight excluding hydrogens is 260 g/mol. The highest BCUT2D eigenvalue weighted by molar-refractivity contribution is 5.89. The van der Waals surface area contributed by atoms with E-state index in [9.17, 15) is 4.79 Å². The van der Waals surface area contributed by atoms with Gasteiger partial charge in [0.25, 0.3) is 0 Å². The van der Waals surface area contributed by atoms with Crippen LogP contribution >= 0.6 is 0 Å². The Morgan fingerprint density at radius 1 is 1.05 bits per heavy atom. The summed E-state index contributed by atoms with van der Waals surface area (Å²) in [5.74, 6) is 0. The Balaban J connectivity index is 2.04. The summed E-state index contributed by atoms with van der Waals surface area (Å²) in [5.41, 5.74) is 4.45. The van der Waals surface area contributed by atoms with Crippen molar-refractivity contribution in [3.8, 4) is 0 Å². The molecule has 3 nitrogen and oxygen atoms in total. The Morgan fingerprint density at radius 3 is 2.38 bits per heavy atom. The van der Waals surface area contributed by atoms with Crippen molar-refractivity contribution in [2.24, 2.45) is 0 Å². The molecule has 2 aromatic carbocycles. The van der Waals surface area contributed by atoms with Crippen LogP contribution in [0.1, 0.15) is 36.1 Å². The molecule has 2 rings (SSSR count). The second-order valence-corrected chi connectivity index (χ2v) is 5.27. The lowest BCUT2D eigenvalue weighted by molar-refractivity contribution is 0.248. The highest BCUT2D eigenvalue weighted by Gasteiger charge is 2.13. The molecule has 0 aliphatic rings. The first kappa shape index (κ1) is 15.1. The molecule has 0 aliphatic carbocycles. The number of carbonyl (C=O) groups excluding carboxylic acids is 1. The van der Waals surface area contributed by atoms with Crippen molar-refractivity contribution in [2.75, 3.05) is 5.32 Å². The van der Waals surface area contributed by atoms with Gasteiger partial charge in [-0.3, -0.25) is 0 Å². The van der Waals surface area contributed by atoms with E-state index in [-0.39, 0.29) is 12.1 Å². The summed E-state index contributed by atoms with van der Waals surface area (Å²) in [6, 6.07) is 15.6. The van der Waals surface area contributed by atoms with Crippen LogP contribution < -0.4 is 10.6 Å². The van der Waals surface area contributed by atoms with Crippen LogP contribution in [0.4, 0.5) is 10.5 Å². The van der Waals surface area contributed by atoms with Gasteiger partial charge >= 0.3 is 6.03 Å². The van der Waals surface area contributed by atoms with E-state index in [1.165, 1.54) is 11.1 Å². The lowest BCUT2D eigenvalue weighted by atomic mass is 9.99. The number of amides is 2. The molecule has 0 radical (unpaired) electrons. The quantitative estimate of drug-likeness (QED) is 0.847. The predicted molar refractivity (Wildman–Crippen MR) is 87.5 cm³/mol.